The maximum absolute atomic E-state index is 12.6. The molecule has 0 bridgehead atoms. The summed E-state index contributed by atoms with van der Waals surface area (Å²) in [7, 11) is 3.94. The first kappa shape index (κ1) is 31.9. The van der Waals surface area contributed by atoms with Crippen LogP contribution in [0.3, 0.4) is 0 Å². The van der Waals surface area contributed by atoms with Crippen LogP contribution in [0.5, 0.6) is 0 Å². The van der Waals surface area contributed by atoms with Crippen molar-refractivity contribution in [2.75, 3.05) is 32.1 Å². The molecule has 3 N–H and O–H groups in total. The molecule has 46 heavy (non-hydrogen) atoms. The number of hydrogen-bond acceptors (Lipinski definition) is 7. The van der Waals surface area contributed by atoms with E-state index >= 15 is 0 Å². The first-order valence-corrected chi connectivity index (χ1v) is 15.2. The van der Waals surface area contributed by atoms with Crippen LogP contribution in [-0.4, -0.2) is 56.4 Å². The lowest BCUT2D eigenvalue weighted by atomic mass is 9.98. The van der Waals surface area contributed by atoms with E-state index in [-0.39, 0.29) is 24.9 Å². The van der Waals surface area contributed by atoms with E-state index in [4.69, 9.17) is 4.74 Å². The third-order valence-corrected chi connectivity index (χ3v) is 7.92. The minimum atomic E-state index is -1.14. The molecular formula is C36H37N5O5. The van der Waals surface area contributed by atoms with E-state index in [0.717, 1.165) is 33.6 Å². The van der Waals surface area contributed by atoms with Gasteiger partial charge in [-0.3, -0.25) is 4.79 Å². The Morgan fingerprint density at radius 1 is 0.804 bits per heavy atom. The van der Waals surface area contributed by atoms with Gasteiger partial charge in [-0.15, -0.1) is 0 Å². The highest BCUT2D eigenvalue weighted by Gasteiger charge is 2.29. The molecule has 2 amide bonds. The number of carboxylic acids is 1. The fourth-order valence-corrected chi connectivity index (χ4v) is 5.43. The van der Waals surface area contributed by atoms with Crippen molar-refractivity contribution in [1.82, 2.24) is 10.6 Å². The smallest absolute Gasteiger partial charge is 0.407 e. The molecule has 1 aliphatic rings. The molecule has 10 heteroatoms. The van der Waals surface area contributed by atoms with Crippen molar-refractivity contribution in [1.29, 1.82) is 0 Å². The lowest BCUT2D eigenvalue weighted by Crippen LogP contribution is -2.41. The zero-order valence-electron chi connectivity index (χ0n) is 25.8. The Hall–Kier alpha value is -5.51. The Labute approximate surface area is 268 Å². The lowest BCUT2D eigenvalue weighted by molar-refractivity contribution is -0.139. The molecule has 0 saturated carbocycles. The predicted molar refractivity (Wildman–Crippen MR) is 177 cm³/mol. The number of azo groups is 1. The Bertz CT molecular complexity index is 1660. The van der Waals surface area contributed by atoms with Gasteiger partial charge in [-0.2, -0.15) is 10.2 Å². The van der Waals surface area contributed by atoms with Crippen LogP contribution in [0.4, 0.5) is 21.9 Å². The zero-order chi connectivity index (χ0) is 32.5. The minimum Gasteiger partial charge on any atom is -0.480 e. The van der Waals surface area contributed by atoms with Gasteiger partial charge >= 0.3 is 12.1 Å². The van der Waals surface area contributed by atoms with Crippen LogP contribution in [-0.2, 0) is 9.53 Å². The number of carbonyl (C=O) groups excluding carboxylic acids is 2. The molecule has 236 valence electrons. The first-order valence-electron chi connectivity index (χ1n) is 15.2. The SMILES string of the molecule is CN(C)c1ccc(N=Nc2ccc(C(=O)NCCCCC(NC(=O)OCC3c4ccccc4-c4ccccc43)C(=O)O)cc2)cc1. The van der Waals surface area contributed by atoms with Crippen LogP contribution >= 0.6 is 0 Å². The van der Waals surface area contributed by atoms with Gasteiger partial charge in [-0.1, -0.05) is 48.5 Å². The van der Waals surface area contributed by atoms with E-state index in [1.807, 2.05) is 91.8 Å². The number of nitrogens with zero attached hydrogens (tertiary/aromatic N) is 3. The molecule has 4 aromatic rings. The molecule has 1 aliphatic carbocycles. The van der Waals surface area contributed by atoms with Crippen LogP contribution in [0.15, 0.2) is 107 Å². The highest BCUT2D eigenvalue weighted by atomic mass is 16.5. The number of aliphatic carboxylic acids is 1. The van der Waals surface area contributed by atoms with Crippen molar-refractivity contribution in [2.45, 2.75) is 31.2 Å². The van der Waals surface area contributed by atoms with Crippen molar-refractivity contribution in [2.24, 2.45) is 10.2 Å². The van der Waals surface area contributed by atoms with Crippen LogP contribution < -0.4 is 15.5 Å². The van der Waals surface area contributed by atoms with Gasteiger partial charge in [0.1, 0.15) is 12.6 Å². The predicted octanol–water partition coefficient (Wildman–Crippen LogP) is 7.06. The summed E-state index contributed by atoms with van der Waals surface area (Å²) in [6.45, 7) is 0.466. The van der Waals surface area contributed by atoms with E-state index in [9.17, 15) is 19.5 Å². The minimum absolute atomic E-state index is 0.104. The normalized spacial score (nSPS) is 12.7. The first-order chi connectivity index (χ1) is 22.3. The number of nitrogens with one attached hydrogen (secondary N) is 2. The number of carboxylic acid groups (broad SMARTS) is 1. The topological polar surface area (TPSA) is 133 Å². The van der Waals surface area contributed by atoms with Gasteiger partial charge in [0, 0.05) is 37.8 Å². The third kappa shape index (κ3) is 7.95. The van der Waals surface area contributed by atoms with Crippen LogP contribution in [0.1, 0.15) is 46.7 Å². The summed E-state index contributed by atoms with van der Waals surface area (Å²) in [6, 6.07) is 29.4. The van der Waals surface area contributed by atoms with Gasteiger partial charge in [0.15, 0.2) is 0 Å². The second kappa shape index (κ2) is 15.0. The molecule has 0 radical (unpaired) electrons. The number of ether oxygens (including phenoxy) is 1. The second-order valence-electron chi connectivity index (χ2n) is 11.3. The van der Waals surface area contributed by atoms with Crippen molar-refractivity contribution in [3.63, 3.8) is 0 Å². The molecule has 0 saturated heterocycles. The van der Waals surface area contributed by atoms with Crippen LogP contribution in [0, 0.1) is 0 Å². The highest BCUT2D eigenvalue weighted by Crippen LogP contribution is 2.44. The Morgan fingerprint density at radius 3 is 1.93 bits per heavy atom. The molecule has 0 aliphatic heterocycles. The maximum Gasteiger partial charge on any atom is 0.407 e. The maximum atomic E-state index is 12.6. The third-order valence-electron chi connectivity index (χ3n) is 7.92. The zero-order valence-corrected chi connectivity index (χ0v) is 25.8. The number of carbonyl (C=O) groups is 3. The molecule has 0 heterocycles. The van der Waals surface area contributed by atoms with Crippen molar-refractivity contribution >= 4 is 35.0 Å². The van der Waals surface area contributed by atoms with E-state index in [1.165, 1.54) is 0 Å². The molecule has 5 rings (SSSR count). The molecule has 0 fully saturated rings. The Morgan fingerprint density at radius 2 is 1.37 bits per heavy atom. The van der Waals surface area contributed by atoms with Crippen molar-refractivity contribution < 1.29 is 24.2 Å². The van der Waals surface area contributed by atoms with Gasteiger partial charge < -0.3 is 25.4 Å². The molecule has 0 spiro atoms. The summed E-state index contributed by atoms with van der Waals surface area (Å²) in [6.07, 6.45) is 0.455. The summed E-state index contributed by atoms with van der Waals surface area (Å²) >= 11 is 0. The highest BCUT2D eigenvalue weighted by molar-refractivity contribution is 5.94. The number of benzene rings is 4. The number of anilines is 1. The summed E-state index contributed by atoms with van der Waals surface area (Å²) in [5.74, 6) is -1.49. The van der Waals surface area contributed by atoms with E-state index < -0.39 is 18.1 Å². The molecule has 0 aromatic heterocycles. The fraction of sp³-hybridized carbons (Fsp3) is 0.250. The van der Waals surface area contributed by atoms with Gasteiger partial charge in [0.05, 0.1) is 11.4 Å². The Balaban J connectivity index is 1.03. The largest absolute Gasteiger partial charge is 0.480 e. The summed E-state index contributed by atoms with van der Waals surface area (Å²) in [5, 5.41) is 23.5. The van der Waals surface area contributed by atoms with E-state index in [2.05, 4.69) is 20.9 Å². The van der Waals surface area contributed by atoms with Gasteiger partial charge in [0.2, 0.25) is 0 Å². The number of rotatable bonds is 13. The lowest BCUT2D eigenvalue weighted by Gasteiger charge is -2.17. The summed E-state index contributed by atoms with van der Waals surface area (Å²) in [5.41, 5.74) is 7.29. The fourth-order valence-electron chi connectivity index (χ4n) is 5.43. The number of hydrogen-bond donors (Lipinski definition) is 3. The summed E-state index contributed by atoms with van der Waals surface area (Å²) < 4.78 is 5.50. The van der Waals surface area contributed by atoms with Crippen LogP contribution in [0.2, 0.25) is 0 Å². The van der Waals surface area contributed by atoms with Gasteiger partial charge in [0.25, 0.3) is 5.91 Å². The van der Waals surface area contributed by atoms with Gasteiger partial charge in [-0.25, -0.2) is 9.59 Å². The molecule has 1 atom stereocenters. The molecular weight excluding hydrogens is 582 g/mol. The molecule has 4 aromatic carbocycles. The quantitative estimate of drug-likeness (QED) is 0.108. The monoisotopic (exact) mass is 619 g/mol. The number of alkyl carbamates (subject to hydrolysis) is 1. The van der Waals surface area contributed by atoms with E-state index in [0.29, 0.717) is 30.6 Å². The number of fused-ring (bicyclic) bond motifs is 3. The molecule has 10 nitrogen and oxygen atoms in total. The van der Waals surface area contributed by atoms with Crippen molar-refractivity contribution in [3.8, 4) is 11.1 Å². The van der Waals surface area contributed by atoms with Crippen LogP contribution in [0.25, 0.3) is 11.1 Å². The van der Waals surface area contributed by atoms with Crippen molar-refractivity contribution in [3.05, 3.63) is 114 Å². The standard InChI is InChI=1S/C36H37N5O5/c1-41(2)27-20-18-26(19-21-27)40-39-25-16-14-24(15-17-25)34(42)37-22-8-7-13-33(35(43)44)38-36(45)46-23-32-30-11-5-3-9-28(30)29-10-4-6-12-31(29)32/h3-6,9-12,14-21,32-33H,7-8,13,22-23H2,1-2H3,(H,37,42)(H,38,45)(H,43,44). The number of unbranched alkanes of at least 4 members (excludes halogenated alkanes) is 1. The molecule has 1 unspecified atom stereocenters. The summed E-state index contributed by atoms with van der Waals surface area (Å²) in [4.78, 5) is 39.0. The van der Waals surface area contributed by atoms with Gasteiger partial charge in [-0.05, 0) is 90.0 Å². The Kier molecular flexibility index (Phi) is 10.4. The second-order valence-corrected chi connectivity index (χ2v) is 11.3. The van der Waals surface area contributed by atoms with E-state index in [1.54, 1.807) is 24.3 Å². The average Bonchev–Trinajstić information content (AvgIpc) is 3.39. The average molecular weight is 620 g/mol. The number of amides is 2.